The Balaban J connectivity index is 2.60. The van der Waals surface area contributed by atoms with E-state index in [1.807, 2.05) is 0 Å². The van der Waals surface area contributed by atoms with E-state index in [1.165, 1.54) is 0 Å². The topological polar surface area (TPSA) is 42.2 Å². The zero-order chi connectivity index (χ0) is 12.8. The monoisotopic (exact) mass is 239 g/mol. The summed E-state index contributed by atoms with van der Waals surface area (Å²) in [5.74, 6) is 2.20. The van der Waals surface area contributed by atoms with Gasteiger partial charge in [-0.3, -0.25) is 4.90 Å². The molecule has 0 saturated carbocycles. The van der Waals surface area contributed by atoms with Crippen LogP contribution in [-0.4, -0.2) is 27.6 Å². The van der Waals surface area contributed by atoms with E-state index < -0.39 is 0 Å². The zero-order valence-corrected chi connectivity index (χ0v) is 11.7. The molecule has 0 bridgehead atoms. The fraction of sp³-hybridized carbons (Fsp3) is 0.846. The third kappa shape index (κ3) is 4.11. The van der Waals surface area contributed by atoms with Gasteiger partial charge in [0.25, 0.3) is 0 Å². The summed E-state index contributed by atoms with van der Waals surface area (Å²) in [7, 11) is 0. The van der Waals surface area contributed by atoms with Crippen molar-refractivity contribution in [3.8, 4) is 0 Å². The molecule has 1 aromatic rings. The second-order valence-electron chi connectivity index (χ2n) is 4.90. The maximum Gasteiger partial charge on any atom is 0.240 e. The summed E-state index contributed by atoms with van der Waals surface area (Å²) in [6.45, 7) is 12.8. The Labute approximate surface area is 104 Å². The standard InChI is InChI=1S/C13H25N3O/c1-6-8-12-14-13(17-15-12)9-16(7-2)11(5)10(3)4/h10-11H,6-9H2,1-5H3/t11-/m1/s1. The van der Waals surface area contributed by atoms with Gasteiger partial charge in [0.15, 0.2) is 5.82 Å². The maximum absolute atomic E-state index is 5.28. The highest BCUT2D eigenvalue weighted by molar-refractivity contribution is 4.87. The Morgan fingerprint density at radius 1 is 1.24 bits per heavy atom. The highest BCUT2D eigenvalue weighted by Crippen LogP contribution is 2.13. The van der Waals surface area contributed by atoms with Crippen LogP contribution in [0, 0.1) is 5.92 Å². The molecule has 1 aromatic heterocycles. The van der Waals surface area contributed by atoms with Crippen molar-refractivity contribution >= 4 is 0 Å². The lowest BCUT2D eigenvalue weighted by atomic mass is 10.0. The van der Waals surface area contributed by atoms with Gasteiger partial charge in [-0.05, 0) is 25.8 Å². The highest BCUT2D eigenvalue weighted by Gasteiger charge is 2.18. The Kier molecular flexibility index (Phi) is 5.62. The van der Waals surface area contributed by atoms with Crippen molar-refractivity contribution in [1.82, 2.24) is 15.0 Å². The number of nitrogens with zero attached hydrogens (tertiary/aromatic N) is 3. The van der Waals surface area contributed by atoms with E-state index in [1.54, 1.807) is 0 Å². The highest BCUT2D eigenvalue weighted by atomic mass is 16.5. The van der Waals surface area contributed by atoms with Gasteiger partial charge in [-0.25, -0.2) is 0 Å². The van der Waals surface area contributed by atoms with E-state index in [-0.39, 0.29) is 0 Å². The largest absolute Gasteiger partial charge is 0.338 e. The van der Waals surface area contributed by atoms with E-state index in [2.05, 4.69) is 49.7 Å². The molecular formula is C13H25N3O. The van der Waals surface area contributed by atoms with Gasteiger partial charge in [-0.2, -0.15) is 4.98 Å². The van der Waals surface area contributed by atoms with Crippen LogP contribution in [0.3, 0.4) is 0 Å². The molecule has 0 N–H and O–H groups in total. The van der Waals surface area contributed by atoms with Crippen LogP contribution in [-0.2, 0) is 13.0 Å². The molecular weight excluding hydrogens is 214 g/mol. The minimum absolute atomic E-state index is 0.529. The van der Waals surface area contributed by atoms with Crippen LogP contribution in [0.4, 0.5) is 0 Å². The lowest BCUT2D eigenvalue weighted by molar-refractivity contribution is 0.149. The number of aromatic nitrogens is 2. The van der Waals surface area contributed by atoms with Crippen LogP contribution in [0.1, 0.15) is 52.8 Å². The first-order chi connectivity index (χ1) is 8.08. The predicted molar refractivity (Wildman–Crippen MR) is 68.7 cm³/mol. The van der Waals surface area contributed by atoms with Crippen molar-refractivity contribution in [3.63, 3.8) is 0 Å². The fourth-order valence-corrected chi connectivity index (χ4v) is 1.82. The van der Waals surface area contributed by atoms with Crippen LogP contribution < -0.4 is 0 Å². The molecule has 0 aromatic carbocycles. The summed E-state index contributed by atoms with van der Waals surface area (Å²) in [5, 5.41) is 3.98. The Morgan fingerprint density at radius 2 is 1.94 bits per heavy atom. The summed E-state index contributed by atoms with van der Waals surface area (Å²) in [6.07, 6.45) is 1.95. The lowest BCUT2D eigenvalue weighted by Crippen LogP contribution is -2.36. The molecule has 0 spiro atoms. The first-order valence-electron chi connectivity index (χ1n) is 6.63. The summed E-state index contributed by atoms with van der Waals surface area (Å²) < 4.78 is 5.28. The van der Waals surface area contributed by atoms with Gasteiger partial charge in [0.1, 0.15) is 0 Å². The van der Waals surface area contributed by atoms with Gasteiger partial charge in [-0.1, -0.05) is 32.9 Å². The molecule has 1 rings (SSSR count). The molecule has 0 unspecified atom stereocenters. The molecule has 4 heteroatoms. The van der Waals surface area contributed by atoms with Crippen molar-refractivity contribution in [2.24, 2.45) is 5.92 Å². The van der Waals surface area contributed by atoms with Crippen LogP contribution >= 0.6 is 0 Å². The molecule has 0 fully saturated rings. The van der Waals surface area contributed by atoms with Gasteiger partial charge in [0.2, 0.25) is 5.89 Å². The average Bonchev–Trinajstić information content (AvgIpc) is 2.73. The first kappa shape index (κ1) is 14.2. The van der Waals surface area contributed by atoms with Crippen molar-refractivity contribution in [2.75, 3.05) is 6.54 Å². The molecule has 0 saturated heterocycles. The maximum atomic E-state index is 5.28. The minimum Gasteiger partial charge on any atom is -0.338 e. The Bertz CT molecular complexity index is 322. The number of aryl methyl sites for hydroxylation is 1. The SMILES string of the molecule is CCCc1noc(CN(CC)[C@H](C)C(C)C)n1. The number of hydrogen-bond acceptors (Lipinski definition) is 4. The second-order valence-corrected chi connectivity index (χ2v) is 4.90. The first-order valence-corrected chi connectivity index (χ1v) is 6.63. The molecule has 0 aliphatic carbocycles. The Morgan fingerprint density at radius 3 is 2.47 bits per heavy atom. The van der Waals surface area contributed by atoms with Crippen LogP contribution in [0.2, 0.25) is 0 Å². The average molecular weight is 239 g/mol. The third-order valence-corrected chi connectivity index (χ3v) is 3.27. The van der Waals surface area contributed by atoms with Crippen molar-refractivity contribution in [3.05, 3.63) is 11.7 Å². The van der Waals surface area contributed by atoms with Gasteiger partial charge >= 0.3 is 0 Å². The summed E-state index contributed by atoms with van der Waals surface area (Å²) in [6, 6.07) is 0.529. The summed E-state index contributed by atoms with van der Waals surface area (Å²) >= 11 is 0. The van der Waals surface area contributed by atoms with Gasteiger partial charge in [0.05, 0.1) is 6.54 Å². The van der Waals surface area contributed by atoms with E-state index in [0.717, 1.165) is 37.6 Å². The number of hydrogen-bond donors (Lipinski definition) is 0. The van der Waals surface area contributed by atoms with Crippen LogP contribution in [0.15, 0.2) is 4.52 Å². The van der Waals surface area contributed by atoms with E-state index >= 15 is 0 Å². The molecule has 1 atom stereocenters. The zero-order valence-electron chi connectivity index (χ0n) is 11.7. The van der Waals surface area contributed by atoms with E-state index in [9.17, 15) is 0 Å². The van der Waals surface area contributed by atoms with E-state index in [4.69, 9.17) is 4.52 Å². The van der Waals surface area contributed by atoms with Gasteiger partial charge in [-0.15, -0.1) is 0 Å². The normalized spacial score (nSPS) is 13.6. The van der Waals surface area contributed by atoms with Crippen molar-refractivity contribution in [1.29, 1.82) is 0 Å². The summed E-state index contributed by atoms with van der Waals surface area (Å²) in [5.41, 5.74) is 0. The van der Waals surface area contributed by atoms with Crippen molar-refractivity contribution < 1.29 is 4.52 Å². The van der Waals surface area contributed by atoms with Crippen LogP contribution in [0.5, 0.6) is 0 Å². The predicted octanol–water partition coefficient (Wildman–Crippen LogP) is 2.89. The van der Waals surface area contributed by atoms with Crippen molar-refractivity contribution in [2.45, 2.75) is 60.0 Å². The van der Waals surface area contributed by atoms with Crippen LogP contribution in [0.25, 0.3) is 0 Å². The minimum atomic E-state index is 0.529. The Hall–Kier alpha value is -0.900. The number of rotatable bonds is 7. The second kappa shape index (κ2) is 6.74. The molecule has 98 valence electrons. The quantitative estimate of drug-likeness (QED) is 0.733. The van der Waals surface area contributed by atoms with Gasteiger partial charge < -0.3 is 4.52 Å². The molecule has 0 amide bonds. The molecule has 17 heavy (non-hydrogen) atoms. The molecule has 4 nitrogen and oxygen atoms in total. The summed E-state index contributed by atoms with van der Waals surface area (Å²) in [4.78, 5) is 6.78. The molecule has 0 aliphatic rings. The van der Waals surface area contributed by atoms with Gasteiger partial charge in [0, 0.05) is 12.5 Å². The third-order valence-electron chi connectivity index (χ3n) is 3.27. The van der Waals surface area contributed by atoms with E-state index in [0.29, 0.717) is 12.0 Å². The molecule has 0 radical (unpaired) electrons. The molecule has 1 heterocycles. The molecule has 0 aliphatic heterocycles. The smallest absolute Gasteiger partial charge is 0.240 e. The lowest BCUT2D eigenvalue weighted by Gasteiger charge is -2.29. The fourth-order valence-electron chi connectivity index (χ4n) is 1.82.